The second-order valence-electron chi connectivity index (χ2n) is 7.61. The summed E-state index contributed by atoms with van der Waals surface area (Å²) in [7, 11) is 0. The largest absolute Gasteiger partial charge is 0.324 e. The van der Waals surface area contributed by atoms with Gasteiger partial charge in [-0.3, -0.25) is 5.10 Å². The first-order chi connectivity index (χ1) is 13.4. The minimum atomic E-state index is -0.319. The van der Waals surface area contributed by atoms with E-state index < -0.39 is 0 Å². The first-order valence-corrected chi connectivity index (χ1v) is 9.00. The third kappa shape index (κ3) is 3.78. The van der Waals surface area contributed by atoms with Crippen LogP contribution < -0.4 is 10.6 Å². The van der Waals surface area contributed by atoms with Crippen molar-refractivity contribution >= 4 is 34.2 Å². The van der Waals surface area contributed by atoms with Gasteiger partial charge in [0, 0.05) is 17.3 Å². The highest BCUT2D eigenvalue weighted by Gasteiger charge is 2.14. The van der Waals surface area contributed by atoms with Crippen LogP contribution in [0.1, 0.15) is 26.3 Å². The molecule has 2 aromatic heterocycles. The monoisotopic (exact) mass is 376 g/mol. The number of nitrogens with zero attached hydrogens (tertiary/aromatic N) is 3. The van der Waals surface area contributed by atoms with Crippen LogP contribution in [0.15, 0.2) is 54.7 Å². The van der Waals surface area contributed by atoms with E-state index in [1.807, 2.05) is 12.1 Å². The average molecular weight is 376 g/mol. The van der Waals surface area contributed by atoms with Crippen molar-refractivity contribution in [3.8, 4) is 0 Å². The lowest BCUT2D eigenvalue weighted by Crippen LogP contribution is -2.11. The molecule has 2 heterocycles. The quantitative estimate of drug-likeness (QED) is 0.452. The van der Waals surface area contributed by atoms with Gasteiger partial charge in [0.15, 0.2) is 5.82 Å². The number of hydrogen-bond donors (Lipinski definition) is 3. The lowest BCUT2D eigenvalue weighted by molar-refractivity contribution is 0.590. The van der Waals surface area contributed by atoms with E-state index in [4.69, 9.17) is 0 Å². The number of rotatable bonds is 4. The number of aromatic amines is 1. The topological polar surface area (TPSA) is 78.5 Å². The third-order valence-electron chi connectivity index (χ3n) is 4.41. The van der Waals surface area contributed by atoms with Gasteiger partial charge >= 0.3 is 0 Å². The molecule has 4 aromatic rings. The Hall–Kier alpha value is -3.48. The summed E-state index contributed by atoms with van der Waals surface area (Å²) >= 11 is 0. The molecule has 3 N–H and O–H groups in total. The maximum atomic E-state index is 13.6. The summed E-state index contributed by atoms with van der Waals surface area (Å²) in [4.78, 5) is 8.76. The van der Waals surface area contributed by atoms with Crippen LogP contribution in [-0.2, 0) is 5.41 Å². The van der Waals surface area contributed by atoms with Gasteiger partial charge in [-0.25, -0.2) is 9.37 Å². The molecule has 0 atom stereocenters. The molecule has 0 fully saturated rings. The highest BCUT2D eigenvalue weighted by molar-refractivity contribution is 5.91. The van der Waals surface area contributed by atoms with Crippen molar-refractivity contribution < 1.29 is 4.39 Å². The van der Waals surface area contributed by atoms with Gasteiger partial charge in [-0.15, -0.1) is 0 Å². The van der Waals surface area contributed by atoms with Crippen LogP contribution in [0.25, 0.3) is 10.9 Å². The molecule has 28 heavy (non-hydrogen) atoms. The second kappa shape index (κ2) is 6.92. The molecule has 0 aliphatic heterocycles. The van der Waals surface area contributed by atoms with Crippen LogP contribution in [0.5, 0.6) is 0 Å². The van der Waals surface area contributed by atoms with Crippen molar-refractivity contribution in [1.82, 2.24) is 20.2 Å². The summed E-state index contributed by atoms with van der Waals surface area (Å²) in [5, 5.41) is 14.1. The van der Waals surface area contributed by atoms with Crippen molar-refractivity contribution in [1.29, 1.82) is 0 Å². The summed E-state index contributed by atoms with van der Waals surface area (Å²) in [5.41, 5.74) is 2.93. The van der Waals surface area contributed by atoms with Gasteiger partial charge in [0.25, 0.3) is 0 Å². The van der Waals surface area contributed by atoms with E-state index in [0.29, 0.717) is 23.0 Å². The van der Waals surface area contributed by atoms with Crippen molar-refractivity contribution in [2.75, 3.05) is 10.6 Å². The highest BCUT2D eigenvalue weighted by Crippen LogP contribution is 2.27. The Morgan fingerprint density at radius 3 is 2.68 bits per heavy atom. The van der Waals surface area contributed by atoms with Gasteiger partial charge in [0.05, 0.1) is 5.52 Å². The second-order valence-corrected chi connectivity index (χ2v) is 7.61. The fraction of sp³-hybridized carbons (Fsp3) is 0.190. The molecule has 0 amide bonds. The number of H-pyrrole nitrogens is 1. The molecule has 0 unspecified atom stereocenters. The van der Waals surface area contributed by atoms with Crippen LogP contribution in [0.3, 0.4) is 0 Å². The van der Waals surface area contributed by atoms with Crippen LogP contribution in [0.4, 0.5) is 27.7 Å². The van der Waals surface area contributed by atoms with Crippen molar-refractivity contribution in [3.05, 3.63) is 66.1 Å². The zero-order valence-corrected chi connectivity index (χ0v) is 15.9. The third-order valence-corrected chi connectivity index (χ3v) is 4.41. The van der Waals surface area contributed by atoms with Crippen molar-refractivity contribution in [2.45, 2.75) is 26.2 Å². The molecule has 2 aromatic carbocycles. The van der Waals surface area contributed by atoms with Gasteiger partial charge in [-0.05, 0) is 47.4 Å². The van der Waals surface area contributed by atoms with Gasteiger partial charge in [-0.2, -0.15) is 10.1 Å². The maximum absolute atomic E-state index is 13.6. The first kappa shape index (κ1) is 17.9. The van der Waals surface area contributed by atoms with E-state index in [9.17, 15) is 4.39 Å². The van der Waals surface area contributed by atoms with Gasteiger partial charge in [-0.1, -0.05) is 32.9 Å². The standard InChI is InChI=1S/C21H21FN6/c1-21(2,3)13-5-4-6-15(11-13)24-20-23-10-9-18(26-20)25-19-16-12-14(22)7-8-17(16)27-28-19/h4-12H,1-3H3,(H3,23,24,25,26,27,28). The molecule has 0 bridgehead atoms. The van der Waals surface area contributed by atoms with Crippen molar-refractivity contribution in [3.63, 3.8) is 0 Å². The number of benzene rings is 2. The Morgan fingerprint density at radius 2 is 1.86 bits per heavy atom. The Kier molecular flexibility index (Phi) is 4.43. The predicted molar refractivity (Wildman–Crippen MR) is 110 cm³/mol. The zero-order chi connectivity index (χ0) is 19.7. The Bertz CT molecular complexity index is 1130. The Balaban J connectivity index is 1.57. The van der Waals surface area contributed by atoms with E-state index >= 15 is 0 Å². The minimum absolute atomic E-state index is 0.0538. The zero-order valence-electron chi connectivity index (χ0n) is 15.9. The molecule has 0 spiro atoms. The van der Waals surface area contributed by atoms with E-state index in [0.717, 1.165) is 11.2 Å². The fourth-order valence-corrected chi connectivity index (χ4v) is 2.88. The molecule has 6 nitrogen and oxygen atoms in total. The molecule has 0 saturated carbocycles. The van der Waals surface area contributed by atoms with E-state index in [-0.39, 0.29) is 11.2 Å². The van der Waals surface area contributed by atoms with Gasteiger partial charge in [0.2, 0.25) is 5.95 Å². The molecule has 0 aliphatic carbocycles. The molecule has 0 radical (unpaired) electrons. The summed E-state index contributed by atoms with van der Waals surface area (Å²) < 4.78 is 13.6. The summed E-state index contributed by atoms with van der Waals surface area (Å²) in [5.74, 6) is 1.21. The number of anilines is 4. The molecular weight excluding hydrogens is 355 g/mol. The van der Waals surface area contributed by atoms with Crippen LogP contribution in [-0.4, -0.2) is 20.2 Å². The lowest BCUT2D eigenvalue weighted by Gasteiger charge is -2.19. The predicted octanol–water partition coefficient (Wildman–Crippen LogP) is 5.28. The number of nitrogens with one attached hydrogen (secondary N) is 3. The average Bonchev–Trinajstić information content (AvgIpc) is 3.03. The van der Waals surface area contributed by atoms with Crippen LogP contribution in [0.2, 0.25) is 0 Å². The minimum Gasteiger partial charge on any atom is -0.324 e. The summed E-state index contributed by atoms with van der Waals surface area (Å²) in [6.07, 6.45) is 1.65. The van der Waals surface area contributed by atoms with Gasteiger partial charge in [0.1, 0.15) is 11.6 Å². The number of fused-ring (bicyclic) bond motifs is 1. The van der Waals surface area contributed by atoms with Crippen molar-refractivity contribution in [2.24, 2.45) is 0 Å². The molecule has 7 heteroatoms. The van der Waals surface area contributed by atoms with E-state index in [1.165, 1.54) is 17.7 Å². The number of hydrogen-bond acceptors (Lipinski definition) is 5. The van der Waals surface area contributed by atoms with E-state index in [2.05, 4.69) is 63.7 Å². The van der Waals surface area contributed by atoms with Crippen LogP contribution >= 0.6 is 0 Å². The summed E-state index contributed by atoms with van der Waals surface area (Å²) in [6.45, 7) is 6.51. The van der Waals surface area contributed by atoms with Crippen LogP contribution in [0, 0.1) is 5.82 Å². The Labute approximate surface area is 162 Å². The number of halogens is 1. The molecule has 4 rings (SSSR count). The molecule has 142 valence electrons. The SMILES string of the molecule is CC(C)(C)c1cccc(Nc2nccc(Nc3n[nH]c4ccc(F)cc34)n2)c1. The maximum Gasteiger partial charge on any atom is 0.229 e. The fourth-order valence-electron chi connectivity index (χ4n) is 2.88. The lowest BCUT2D eigenvalue weighted by atomic mass is 9.87. The van der Waals surface area contributed by atoms with Gasteiger partial charge < -0.3 is 10.6 Å². The molecule has 0 saturated heterocycles. The summed E-state index contributed by atoms with van der Waals surface area (Å²) in [6, 6.07) is 14.4. The number of aromatic nitrogens is 4. The first-order valence-electron chi connectivity index (χ1n) is 9.00. The Morgan fingerprint density at radius 1 is 1.00 bits per heavy atom. The normalized spacial score (nSPS) is 11.6. The smallest absolute Gasteiger partial charge is 0.229 e. The highest BCUT2D eigenvalue weighted by atomic mass is 19.1. The molecular formula is C21H21FN6. The molecule has 0 aliphatic rings. The van der Waals surface area contributed by atoms with E-state index in [1.54, 1.807) is 18.3 Å².